The number of fused-ring (bicyclic) bond motifs is 2. The molecule has 1 aliphatic rings. The maximum atomic E-state index is 5.47. The van der Waals surface area contributed by atoms with Gasteiger partial charge in [0, 0.05) is 40.3 Å². The first-order valence-corrected chi connectivity index (χ1v) is 9.28. The molecule has 2 aromatic carbocycles. The Kier molecular flexibility index (Phi) is 3.93. The van der Waals surface area contributed by atoms with Crippen molar-refractivity contribution in [3.05, 3.63) is 42.6 Å². The average Bonchev–Trinajstić information content (AvgIpc) is 3.40. The van der Waals surface area contributed by atoms with E-state index in [1.54, 1.807) is 14.2 Å². The number of benzene rings is 2. The minimum atomic E-state index is 0.460. The Morgan fingerprint density at radius 3 is 2.61 bits per heavy atom. The third-order valence-electron chi connectivity index (χ3n) is 4.93. The molecular formula is C21H21N5O2. The molecular weight excluding hydrogens is 354 g/mol. The van der Waals surface area contributed by atoms with Gasteiger partial charge in [0.05, 0.1) is 19.7 Å². The summed E-state index contributed by atoms with van der Waals surface area (Å²) in [5, 5.41) is 8.84. The molecule has 0 aliphatic heterocycles. The van der Waals surface area contributed by atoms with Gasteiger partial charge in [-0.2, -0.15) is 4.98 Å². The first-order chi connectivity index (χ1) is 13.7. The second-order valence-electron chi connectivity index (χ2n) is 6.94. The molecule has 0 saturated heterocycles. The van der Waals surface area contributed by atoms with Crippen LogP contribution >= 0.6 is 0 Å². The fourth-order valence-electron chi connectivity index (χ4n) is 3.29. The van der Waals surface area contributed by atoms with Gasteiger partial charge in [-0.15, -0.1) is 0 Å². The zero-order valence-corrected chi connectivity index (χ0v) is 15.7. The smallest absolute Gasteiger partial charge is 0.225 e. The number of ether oxygens (including phenoxy) is 2. The molecule has 2 heterocycles. The van der Waals surface area contributed by atoms with Crippen LogP contribution in [0, 0.1) is 0 Å². The quantitative estimate of drug-likeness (QED) is 0.462. The van der Waals surface area contributed by atoms with E-state index >= 15 is 0 Å². The topological polar surface area (TPSA) is 84.1 Å². The highest BCUT2D eigenvalue weighted by Gasteiger charge is 2.23. The highest BCUT2D eigenvalue weighted by molar-refractivity contribution is 5.95. The number of methoxy groups -OCH3 is 2. The Morgan fingerprint density at radius 2 is 1.82 bits per heavy atom. The number of nitrogens with zero attached hydrogens (tertiary/aromatic N) is 2. The van der Waals surface area contributed by atoms with E-state index in [0.717, 1.165) is 46.2 Å². The Morgan fingerprint density at radius 1 is 1.00 bits per heavy atom. The molecule has 0 unspecified atom stereocenters. The van der Waals surface area contributed by atoms with Gasteiger partial charge in [-0.1, -0.05) is 0 Å². The molecule has 28 heavy (non-hydrogen) atoms. The summed E-state index contributed by atoms with van der Waals surface area (Å²) in [5.41, 5.74) is 2.85. The molecule has 0 spiro atoms. The van der Waals surface area contributed by atoms with Crippen LogP contribution in [0.5, 0.6) is 11.5 Å². The number of rotatable bonds is 6. The summed E-state index contributed by atoms with van der Waals surface area (Å²) < 4.78 is 10.9. The van der Waals surface area contributed by atoms with Crippen LogP contribution in [0.3, 0.4) is 0 Å². The first-order valence-electron chi connectivity index (χ1n) is 9.28. The predicted molar refractivity (Wildman–Crippen MR) is 111 cm³/mol. The maximum absolute atomic E-state index is 5.47. The summed E-state index contributed by atoms with van der Waals surface area (Å²) in [5.74, 6) is 2.63. The number of hydrogen-bond donors (Lipinski definition) is 3. The molecule has 2 aromatic heterocycles. The van der Waals surface area contributed by atoms with Crippen molar-refractivity contribution < 1.29 is 9.47 Å². The first kappa shape index (κ1) is 16.7. The lowest BCUT2D eigenvalue weighted by Gasteiger charge is -2.14. The van der Waals surface area contributed by atoms with Crippen LogP contribution in [0.25, 0.3) is 21.8 Å². The molecule has 0 radical (unpaired) electrons. The molecule has 4 aromatic rings. The molecule has 0 bridgehead atoms. The van der Waals surface area contributed by atoms with E-state index in [2.05, 4.69) is 26.7 Å². The fraction of sp³-hybridized carbons (Fsp3) is 0.238. The average molecular weight is 375 g/mol. The van der Waals surface area contributed by atoms with Gasteiger partial charge in [0.15, 0.2) is 11.5 Å². The van der Waals surface area contributed by atoms with E-state index in [4.69, 9.17) is 14.5 Å². The van der Waals surface area contributed by atoms with Crippen LogP contribution in [-0.4, -0.2) is 35.2 Å². The van der Waals surface area contributed by atoms with Gasteiger partial charge in [0.25, 0.3) is 0 Å². The summed E-state index contributed by atoms with van der Waals surface area (Å²) in [4.78, 5) is 12.6. The van der Waals surface area contributed by atoms with Crippen LogP contribution in [0.15, 0.2) is 42.6 Å². The van der Waals surface area contributed by atoms with Crippen molar-refractivity contribution in [3.8, 4) is 11.5 Å². The van der Waals surface area contributed by atoms with Crippen molar-refractivity contribution in [1.29, 1.82) is 0 Å². The van der Waals surface area contributed by atoms with Gasteiger partial charge < -0.3 is 25.1 Å². The van der Waals surface area contributed by atoms with Crippen LogP contribution in [0.1, 0.15) is 12.8 Å². The second-order valence-corrected chi connectivity index (χ2v) is 6.94. The Hall–Kier alpha value is -3.48. The molecule has 142 valence electrons. The Balaban J connectivity index is 1.62. The summed E-state index contributed by atoms with van der Waals surface area (Å²) in [7, 11) is 3.25. The van der Waals surface area contributed by atoms with Crippen molar-refractivity contribution in [2.24, 2.45) is 0 Å². The molecule has 1 saturated carbocycles. The van der Waals surface area contributed by atoms with Crippen LogP contribution in [-0.2, 0) is 0 Å². The number of anilines is 3. The molecule has 1 fully saturated rings. The number of nitrogens with one attached hydrogen (secondary N) is 3. The normalized spacial score (nSPS) is 13.6. The van der Waals surface area contributed by atoms with Gasteiger partial charge >= 0.3 is 0 Å². The van der Waals surface area contributed by atoms with Gasteiger partial charge in [-0.25, -0.2) is 4.98 Å². The summed E-state index contributed by atoms with van der Waals surface area (Å²) in [6, 6.07) is 12.5. The van der Waals surface area contributed by atoms with E-state index in [0.29, 0.717) is 23.5 Å². The molecule has 0 atom stereocenters. The number of hydrogen-bond acceptors (Lipinski definition) is 6. The lowest BCUT2D eigenvalue weighted by molar-refractivity contribution is 0.356. The van der Waals surface area contributed by atoms with E-state index in [1.165, 1.54) is 0 Å². The third kappa shape index (κ3) is 3.05. The van der Waals surface area contributed by atoms with Crippen LogP contribution in [0.4, 0.5) is 17.5 Å². The highest BCUT2D eigenvalue weighted by Crippen LogP contribution is 2.36. The molecule has 7 nitrogen and oxygen atoms in total. The Labute approximate surface area is 162 Å². The summed E-state index contributed by atoms with van der Waals surface area (Å²) >= 11 is 0. The minimum absolute atomic E-state index is 0.460. The maximum Gasteiger partial charge on any atom is 0.225 e. The van der Waals surface area contributed by atoms with Crippen LogP contribution < -0.4 is 20.1 Å². The molecule has 5 rings (SSSR count). The van der Waals surface area contributed by atoms with Gasteiger partial charge in [0.1, 0.15) is 5.82 Å². The van der Waals surface area contributed by atoms with Crippen molar-refractivity contribution in [2.75, 3.05) is 24.9 Å². The summed E-state index contributed by atoms with van der Waals surface area (Å²) in [6.07, 6.45) is 4.24. The van der Waals surface area contributed by atoms with E-state index < -0.39 is 0 Å². The third-order valence-corrected chi connectivity index (χ3v) is 4.93. The summed E-state index contributed by atoms with van der Waals surface area (Å²) in [6.45, 7) is 0. The zero-order valence-electron chi connectivity index (χ0n) is 15.7. The van der Waals surface area contributed by atoms with Gasteiger partial charge in [0.2, 0.25) is 5.95 Å². The standard InChI is InChI=1S/C21H21N5O2/c1-27-18-10-15-17(11-19(18)28-2)25-21(24-13-3-4-13)26-20(15)23-14-5-6-16-12(9-14)7-8-22-16/h5-11,13,22H,3-4H2,1-2H3,(H2,23,24,25,26). The monoisotopic (exact) mass is 375 g/mol. The molecule has 3 N–H and O–H groups in total. The minimum Gasteiger partial charge on any atom is -0.493 e. The van der Waals surface area contributed by atoms with Gasteiger partial charge in [-0.3, -0.25) is 0 Å². The van der Waals surface area contributed by atoms with Crippen molar-refractivity contribution in [1.82, 2.24) is 15.0 Å². The molecule has 7 heteroatoms. The highest BCUT2D eigenvalue weighted by atomic mass is 16.5. The second kappa shape index (κ2) is 6.60. The number of aromatic nitrogens is 3. The molecule has 0 amide bonds. The Bertz CT molecular complexity index is 1170. The number of H-pyrrole nitrogens is 1. The molecule has 1 aliphatic carbocycles. The zero-order chi connectivity index (χ0) is 19.1. The van der Waals surface area contributed by atoms with E-state index in [1.807, 2.05) is 36.5 Å². The van der Waals surface area contributed by atoms with E-state index in [-0.39, 0.29) is 0 Å². The predicted octanol–water partition coefficient (Wildman–Crippen LogP) is 4.45. The van der Waals surface area contributed by atoms with Crippen molar-refractivity contribution >= 4 is 39.3 Å². The lowest BCUT2D eigenvalue weighted by atomic mass is 10.2. The lowest BCUT2D eigenvalue weighted by Crippen LogP contribution is -2.07. The van der Waals surface area contributed by atoms with Crippen molar-refractivity contribution in [2.45, 2.75) is 18.9 Å². The number of aromatic amines is 1. The fourth-order valence-corrected chi connectivity index (χ4v) is 3.29. The van der Waals surface area contributed by atoms with Crippen LogP contribution in [0.2, 0.25) is 0 Å². The largest absolute Gasteiger partial charge is 0.493 e. The van der Waals surface area contributed by atoms with Crippen molar-refractivity contribution in [3.63, 3.8) is 0 Å². The SMILES string of the molecule is COc1cc2nc(NC3CC3)nc(Nc3ccc4[nH]ccc4c3)c2cc1OC. The van der Waals surface area contributed by atoms with E-state index in [9.17, 15) is 0 Å². The van der Waals surface area contributed by atoms with Gasteiger partial charge in [-0.05, 0) is 43.2 Å².